The summed E-state index contributed by atoms with van der Waals surface area (Å²) in [5.41, 5.74) is -0.283. The molecular formula is C13H12F2N4O. The third-order valence-electron chi connectivity index (χ3n) is 2.44. The zero-order chi connectivity index (χ0) is 15.0. The van der Waals surface area contributed by atoms with Crippen LogP contribution in [-0.4, -0.2) is 24.0 Å². The first-order valence-electron chi connectivity index (χ1n) is 5.83. The van der Waals surface area contributed by atoms with Crippen LogP contribution in [0, 0.1) is 34.3 Å². The van der Waals surface area contributed by atoms with Crippen LogP contribution >= 0.6 is 0 Å². The number of urea groups is 1. The van der Waals surface area contributed by atoms with Crippen LogP contribution < -0.4 is 5.32 Å². The molecule has 0 radical (unpaired) electrons. The van der Waals surface area contributed by atoms with Gasteiger partial charge in [0.15, 0.2) is 0 Å². The van der Waals surface area contributed by atoms with Gasteiger partial charge in [0.1, 0.15) is 11.6 Å². The van der Waals surface area contributed by atoms with Gasteiger partial charge in [-0.1, -0.05) is 0 Å². The minimum Gasteiger partial charge on any atom is -0.322 e. The number of rotatable bonds is 5. The number of nitrogens with one attached hydrogen (secondary N) is 1. The Kier molecular flexibility index (Phi) is 5.92. The molecule has 0 aliphatic carbocycles. The van der Waals surface area contributed by atoms with Gasteiger partial charge in [0, 0.05) is 19.2 Å². The summed E-state index contributed by atoms with van der Waals surface area (Å²) >= 11 is 0. The lowest BCUT2D eigenvalue weighted by Crippen LogP contribution is -2.36. The Morgan fingerprint density at radius 2 is 1.80 bits per heavy atom. The third-order valence-corrected chi connectivity index (χ3v) is 2.44. The van der Waals surface area contributed by atoms with Gasteiger partial charge in [0.25, 0.3) is 0 Å². The lowest BCUT2D eigenvalue weighted by atomic mass is 10.3. The molecule has 7 heteroatoms. The average Bonchev–Trinajstić information content (AvgIpc) is 2.43. The fourth-order valence-electron chi connectivity index (χ4n) is 1.47. The minimum absolute atomic E-state index is 0.0878. The highest BCUT2D eigenvalue weighted by Crippen LogP contribution is 2.16. The van der Waals surface area contributed by atoms with Gasteiger partial charge in [-0.05, 0) is 12.1 Å². The molecule has 0 saturated heterocycles. The molecular weight excluding hydrogens is 266 g/mol. The Morgan fingerprint density at radius 3 is 2.35 bits per heavy atom. The normalized spacial score (nSPS) is 9.40. The lowest BCUT2D eigenvalue weighted by molar-refractivity contribution is 0.214. The van der Waals surface area contributed by atoms with E-state index in [0.29, 0.717) is 0 Å². The van der Waals surface area contributed by atoms with Crippen molar-refractivity contribution >= 4 is 11.7 Å². The van der Waals surface area contributed by atoms with Gasteiger partial charge in [-0.2, -0.15) is 10.5 Å². The largest absolute Gasteiger partial charge is 0.322 e. The van der Waals surface area contributed by atoms with E-state index in [1.54, 1.807) is 0 Å². The second-order valence-electron chi connectivity index (χ2n) is 3.86. The second-order valence-corrected chi connectivity index (χ2v) is 3.86. The van der Waals surface area contributed by atoms with Gasteiger partial charge >= 0.3 is 6.03 Å². The molecule has 5 nitrogen and oxygen atoms in total. The molecule has 0 heterocycles. The van der Waals surface area contributed by atoms with Crippen molar-refractivity contribution in [2.24, 2.45) is 0 Å². The predicted octanol–water partition coefficient (Wildman–Crippen LogP) is 2.63. The van der Waals surface area contributed by atoms with E-state index in [1.165, 1.54) is 4.90 Å². The van der Waals surface area contributed by atoms with Gasteiger partial charge in [-0.3, -0.25) is 0 Å². The van der Waals surface area contributed by atoms with Crippen LogP contribution in [0.25, 0.3) is 0 Å². The topological polar surface area (TPSA) is 79.9 Å². The van der Waals surface area contributed by atoms with Crippen molar-refractivity contribution in [2.45, 2.75) is 12.8 Å². The Labute approximate surface area is 115 Å². The van der Waals surface area contributed by atoms with E-state index in [9.17, 15) is 13.6 Å². The first kappa shape index (κ1) is 15.4. The Balaban J connectivity index is 2.76. The third kappa shape index (κ3) is 4.54. The summed E-state index contributed by atoms with van der Waals surface area (Å²) in [6.07, 6.45) is 0.176. The van der Waals surface area contributed by atoms with Crippen molar-refractivity contribution in [2.75, 3.05) is 18.4 Å². The number of nitrogens with zero attached hydrogens (tertiary/aromatic N) is 3. The number of hydrogen-bond donors (Lipinski definition) is 1. The lowest BCUT2D eigenvalue weighted by Gasteiger charge is -2.21. The first-order valence-corrected chi connectivity index (χ1v) is 5.83. The predicted molar refractivity (Wildman–Crippen MR) is 67.4 cm³/mol. The zero-order valence-corrected chi connectivity index (χ0v) is 10.6. The number of carbonyl (C=O) groups excluding carboxylic acids is 1. The monoisotopic (exact) mass is 278 g/mol. The van der Waals surface area contributed by atoms with Crippen LogP contribution in [0.3, 0.4) is 0 Å². The number of nitriles is 2. The highest BCUT2D eigenvalue weighted by Gasteiger charge is 2.15. The Bertz CT molecular complexity index is 544. The highest BCUT2D eigenvalue weighted by molar-refractivity contribution is 5.89. The van der Waals surface area contributed by atoms with Crippen molar-refractivity contribution in [3.63, 3.8) is 0 Å². The second kappa shape index (κ2) is 7.70. The van der Waals surface area contributed by atoms with Crippen LogP contribution in [0.5, 0.6) is 0 Å². The van der Waals surface area contributed by atoms with E-state index in [1.807, 2.05) is 12.1 Å². The molecule has 0 bridgehead atoms. The van der Waals surface area contributed by atoms with Crippen molar-refractivity contribution in [3.8, 4) is 12.1 Å². The Hall–Kier alpha value is -2.67. The molecule has 1 aromatic rings. The van der Waals surface area contributed by atoms with E-state index in [-0.39, 0.29) is 31.6 Å². The fraction of sp³-hybridized carbons (Fsp3) is 0.308. The SMILES string of the molecule is N#CCCN(CCC#N)C(=O)Nc1cc(F)ccc1F. The van der Waals surface area contributed by atoms with Gasteiger partial charge in [0.05, 0.1) is 30.7 Å². The van der Waals surface area contributed by atoms with Crippen LogP contribution in [0.2, 0.25) is 0 Å². The maximum atomic E-state index is 13.4. The molecule has 0 atom stereocenters. The van der Waals surface area contributed by atoms with Crippen molar-refractivity contribution < 1.29 is 13.6 Å². The van der Waals surface area contributed by atoms with Crippen molar-refractivity contribution in [1.82, 2.24) is 4.90 Å². The zero-order valence-electron chi connectivity index (χ0n) is 10.6. The van der Waals surface area contributed by atoms with Crippen molar-refractivity contribution in [3.05, 3.63) is 29.8 Å². The number of amides is 2. The fourth-order valence-corrected chi connectivity index (χ4v) is 1.47. The molecule has 104 valence electrons. The van der Waals surface area contributed by atoms with Crippen LogP contribution in [0.1, 0.15) is 12.8 Å². The summed E-state index contributed by atoms with van der Waals surface area (Å²) in [4.78, 5) is 13.1. The van der Waals surface area contributed by atoms with Crippen LogP contribution in [0.15, 0.2) is 18.2 Å². The molecule has 0 saturated carbocycles. The summed E-state index contributed by atoms with van der Waals surface area (Å²) in [5.74, 6) is -1.44. The van der Waals surface area contributed by atoms with E-state index in [0.717, 1.165) is 18.2 Å². The summed E-state index contributed by atoms with van der Waals surface area (Å²) in [6, 6.07) is 5.77. The molecule has 1 aromatic carbocycles. The van der Waals surface area contributed by atoms with E-state index in [2.05, 4.69) is 5.32 Å². The summed E-state index contributed by atoms with van der Waals surface area (Å²) in [7, 11) is 0. The van der Waals surface area contributed by atoms with Crippen LogP contribution in [0.4, 0.5) is 19.3 Å². The summed E-state index contributed by atoms with van der Waals surface area (Å²) < 4.78 is 26.4. The first-order chi connectivity index (χ1) is 9.58. The standard InChI is InChI=1S/C13H12F2N4O/c14-10-3-4-11(15)12(9-10)18-13(20)19(7-1-5-16)8-2-6-17/h3-4,9H,1-2,7-8H2,(H,18,20). The highest BCUT2D eigenvalue weighted by atomic mass is 19.1. The van der Waals surface area contributed by atoms with Crippen LogP contribution in [-0.2, 0) is 0 Å². The maximum Gasteiger partial charge on any atom is 0.321 e. The quantitative estimate of drug-likeness (QED) is 0.899. The number of carbonyl (C=O) groups is 1. The van der Waals surface area contributed by atoms with E-state index >= 15 is 0 Å². The van der Waals surface area contributed by atoms with Crippen molar-refractivity contribution in [1.29, 1.82) is 10.5 Å². The van der Waals surface area contributed by atoms with Gasteiger partial charge in [-0.15, -0.1) is 0 Å². The molecule has 1 N–H and O–H groups in total. The van der Waals surface area contributed by atoms with Gasteiger partial charge in [-0.25, -0.2) is 13.6 Å². The van der Waals surface area contributed by atoms with E-state index in [4.69, 9.17) is 10.5 Å². The summed E-state index contributed by atoms with van der Waals surface area (Å²) in [5, 5.41) is 19.2. The molecule has 2 amide bonds. The van der Waals surface area contributed by atoms with E-state index < -0.39 is 17.7 Å². The number of benzene rings is 1. The average molecular weight is 278 g/mol. The summed E-state index contributed by atoms with van der Waals surface area (Å²) in [6.45, 7) is 0.224. The number of anilines is 1. The molecule has 0 aliphatic rings. The Morgan fingerprint density at radius 1 is 1.20 bits per heavy atom. The molecule has 0 unspecified atom stereocenters. The van der Waals surface area contributed by atoms with Gasteiger partial charge < -0.3 is 10.2 Å². The maximum absolute atomic E-state index is 13.4. The smallest absolute Gasteiger partial charge is 0.321 e. The number of hydrogen-bond acceptors (Lipinski definition) is 3. The molecule has 0 aliphatic heterocycles. The van der Waals surface area contributed by atoms with Gasteiger partial charge in [0.2, 0.25) is 0 Å². The minimum atomic E-state index is -0.764. The molecule has 0 aromatic heterocycles. The molecule has 0 spiro atoms. The molecule has 20 heavy (non-hydrogen) atoms. The number of halogens is 2. The molecule has 0 fully saturated rings. The molecule has 1 rings (SSSR count).